The molecule has 28 heavy (non-hydrogen) atoms. The summed E-state index contributed by atoms with van der Waals surface area (Å²) < 4.78 is 5.87. The van der Waals surface area contributed by atoms with E-state index in [0.717, 1.165) is 49.8 Å². The van der Waals surface area contributed by atoms with Crippen molar-refractivity contribution in [3.05, 3.63) is 54.1 Å². The van der Waals surface area contributed by atoms with Crippen molar-refractivity contribution in [2.75, 3.05) is 26.7 Å². The number of nitrogens with zero attached hydrogens (tertiary/aromatic N) is 3. The van der Waals surface area contributed by atoms with Crippen molar-refractivity contribution in [3.63, 3.8) is 0 Å². The lowest BCUT2D eigenvalue weighted by molar-refractivity contribution is 0.221. The second-order valence-corrected chi connectivity index (χ2v) is 7.56. The van der Waals surface area contributed by atoms with E-state index in [4.69, 9.17) is 4.42 Å². The zero-order valence-corrected chi connectivity index (χ0v) is 17.2. The van der Waals surface area contributed by atoms with Crippen LogP contribution in [0.2, 0.25) is 0 Å². The zero-order chi connectivity index (χ0) is 19.9. The average molecular weight is 382 g/mol. The number of piperidine rings is 1. The van der Waals surface area contributed by atoms with Gasteiger partial charge in [0.2, 0.25) is 5.89 Å². The van der Waals surface area contributed by atoms with Gasteiger partial charge < -0.3 is 15.1 Å². The van der Waals surface area contributed by atoms with Gasteiger partial charge in [0.05, 0.1) is 12.7 Å². The number of benzene rings is 1. The summed E-state index contributed by atoms with van der Waals surface area (Å²) >= 11 is 0. The van der Waals surface area contributed by atoms with Gasteiger partial charge in [-0.15, -0.1) is 0 Å². The van der Waals surface area contributed by atoms with E-state index in [1.165, 1.54) is 11.1 Å². The molecule has 1 aliphatic heterocycles. The van der Waals surface area contributed by atoms with E-state index in [1.807, 2.05) is 12.1 Å². The van der Waals surface area contributed by atoms with Crippen molar-refractivity contribution in [1.29, 1.82) is 0 Å². The summed E-state index contributed by atoms with van der Waals surface area (Å²) in [4.78, 5) is 11.2. The van der Waals surface area contributed by atoms with Crippen LogP contribution in [-0.2, 0) is 6.54 Å². The molecular formula is C22H31N5O. The molecule has 0 atom stereocenters. The molecular weight excluding hydrogens is 350 g/mol. The predicted molar refractivity (Wildman–Crippen MR) is 114 cm³/mol. The summed E-state index contributed by atoms with van der Waals surface area (Å²) in [7, 11) is 1.79. The number of aryl methyl sites for hydroxylation is 1. The quantitative estimate of drug-likeness (QED) is 0.456. The summed E-state index contributed by atoms with van der Waals surface area (Å²) in [5.74, 6) is 2.22. The molecule has 150 valence electrons. The third-order valence-corrected chi connectivity index (χ3v) is 4.94. The van der Waals surface area contributed by atoms with Crippen LogP contribution in [0.5, 0.6) is 0 Å². The minimum Gasteiger partial charge on any atom is -0.439 e. The summed E-state index contributed by atoms with van der Waals surface area (Å²) in [5, 5.41) is 6.82. The van der Waals surface area contributed by atoms with E-state index in [-0.39, 0.29) is 0 Å². The van der Waals surface area contributed by atoms with E-state index in [0.29, 0.717) is 18.5 Å². The Hall–Kier alpha value is -2.60. The molecule has 6 heteroatoms. The van der Waals surface area contributed by atoms with Crippen LogP contribution < -0.4 is 10.6 Å². The maximum atomic E-state index is 5.87. The van der Waals surface area contributed by atoms with E-state index >= 15 is 0 Å². The molecule has 2 N–H and O–H groups in total. The number of oxazole rings is 1. The Morgan fingerprint density at radius 1 is 1.29 bits per heavy atom. The molecule has 1 fully saturated rings. The maximum Gasteiger partial charge on any atom is 0.214 e. The van der Waals surface area contributed by atoms with Crippen LogP contribution in [0.25, 0.3) is 11.3 Å². The molecule has 0 aliphatic carbocycles. The third-order valence-electron chi connectivity index (χ3n) is 4.94. The third kappa shape index (κ3) is 5.70. The largest absolute Gasteiger partial charge is 0.439 e. The van der Waals surface area contributed by atoms with Crippen molar-refractivity contribution in [1.82, 2.24) is 20.5 Å². The smallest absolute Gasteiger partial charge is 0.214 e. The van der Waals surface area contributed by atoms with Crippen molar-refractivity contribution >= 4 is 5.96 Å². The van der Waals surface area contributed by atoms with Crippen LogP contribution in [0.15, 0.2) is 52.0 Å². The van der Waals surface area contributed by atoms with Gasteiger partial charge in [-0.25, -0.2) is 4.98 Å². The van der Waals surface area contributed by atoms with Crippen molar-refractivity contribution in [2.45, 2.75) is 39.3 Å². The van der Waals surface area contributed by atoms with E-state index in [9.17, 15) is 0 Å². The first kappa shape index (κ1) is 20.1. The van der Waals surface area contributed by atoms with Gasteiger partial charge in [-0.3, -0.25) is 9.89 Å². The topological polar surface area (TPSA) is 65.7 Å². The van der Waals surface area contributed by atoms with Crippen LogP contribution in [0.1, 0.15) is 31.2 Å². The van der Waals surface area contributed by atoms with Gasteiger partial charge >= 0.3 is 0 Å². The molecule has 1 aliphatic rings. The predicted octanol–water partition coefficient (Wildman–Crippen LogP) is 3.36. The first-order valence-electron chi connectivity index (χ1n) is 9.89. The highest BCUT2D eigenvalue weighted by molar-refractivity contribution is 5.79. The molecule has 0 bridgehead atoms. The molecule has 2 heterocycles. The lowest BCUT2D eigenvalue weighted by Gasteiger charge is -2.33. The van der Waals surface area contributed by atoms with E-state index in [2.05, 4.69) is 58.1 Å². The summed E-state index contributed by atoms with van der Waals surface area (Å²) in [5.41, 5.74) is 3.48. The summed E-state index contributed by atoms with van der Waals surface area (Å²) in [6.07, 6.45) is 3.98. The van der Waals surface area contributed by atoms with E-state index in [1.54, 1.807) is 13.2 Å². The highest BCUT2D eigenvalue weighted by atomic mass is 16.4. The highest BCUT2D eigenvalue weighted by Crippen LogP contribution is 2.20. The second-order valence-electron chi connectivity index (χ2n) is 7.56. The molecule has 0 unspecified atom stereocenters. The summed E-state index contributed by atoms with van der Waals surface area (Å²) in [6, 6.07) is 8.67. The lowest BCUT2D eigenvalue weighted by Crippen LogP contribution is -2.48. The number of aliphatic imine (C=N–C) groups is 1. The van der Waals surface area contributed by atoms with E-state index < -0.39 is 0 Å². The molecule has 0 saturated carbocycles. The monoisotopic (exact) mass is 381 g/mol. The van der Waals surface area contributed by atoms with Gasteiger partial charge in [0.15, 0.2) is 11.7 Å². The minimum atomic E-state index is 0.431. The van der Waals surface area contributed by atoms with Crippen LogP contribution in [0, 0.1) is 6.92 Å². The summed E-state index contributed by atoms with van der Waals surface area (Å²) in [6.45, 7) is 11.8. The lowest BCUT2D eigenvalue weighted by atomic mass is 10.0. The normalized spacial score (nSPS) is 16.2. The van der Waals surface area contributed by atoms with Crippen molar-refractivity contribution < 1.29 is 4.42 Å². The first-order chi connectivity index (χ1) is 13.5. The van der Waals surface area contributed by atoms with Crippen molar-refractivity contribution in [2.24, 2.45) is 4.99 Å². The van der Waals surface area contributed by atoms with Gasteiger partial charge in [0.1, 0.15) is 0 Å². The molecule has 0 amide bonds. The fraction of sp³-hybridized carbons (Fsp3) is 0.455. The van der Waals surface area contributed by atoms with Gasteiger partial charge in [-0.05, 0) is 26.7 Å². The Bertz CT molecular complexity index is 801. The Balaban J connectivity index is 1.47. The maximum absolute atomic E-state index is 5.87. The number of hydrogen-bond acceptors (Lipinski definition) is 4. The first-order valence-corrected chi connectivity index (χ1v) is 9.89. The number of aromatic nitrogens is 1. The fourth-order valence-electron chi connectivity index (χ4n) is 3.41. The van der Waals surface area contributed by atoms with Crippen LogP contribution >= 0.6 is 0 Å². The van der Waals surface area contributed by atoms with Gasteiger partial charge in [-0.1, -0.05) is 42.0 Å². The molecule has 3 rings (SSSR count). The average Bonchev–Trinajstić information content (AvgIpc) is 3.15. The van der Waals surface area contributed by atoms with Gasteiger partial charge in [0.25, 0.3) is 0 Å². The zero-order valence-electron chi connectivity index (χ0n) is 17.2. The molecule has 1 aromatic heterocycles. The molecule has 6 nitrogen and oxygen atoms in total. The number of guanidine groups is 1. The highest BCUT2D eigenvalue weighted by Gasteiger charge is 2.20. The number of rotatable bonds is 6. The Morgan fingerprint density at radius 3 is 2.64 bits per heavy atom. The van der Waals surface area contributed by atoms with Crippen LogP contribution in [-0.4, -0.2) is 48.6 Å². The number of nitrogens with one attached hydrogen (secondary N) is 2. The number of likely N-dealkylation sites (tertiary alicyclic amines) is 1. The van der Waals surface area contributed by atoms with Gasteiger partial charge in [0, 0.05) is 38.3 Å². The number of hydrogen-bond donors (Lipinski definition) is 2. The van der Waals surface area contributed by atoms with Crippen molar-refractivity contribution in [3.8, 4) is 11.3 Å². The van der Waals surface area contributed by atoms with Crippen LogP contribution in [0.3, 0.4) is 0 Å². The molecule has 0 spiro atoms. The van der Waals surface area contributed by atoms with Crippen LogP contribution in [0.4, 0.5) is 0 Å². The Morgan fingerprint density at radius 2 is 2.00 bits per heavy atom. The molecule has 0 radical (unpaired) electrons. The minimum absolute atomic E-state index is 0.431. The molecule has 2 aromatic rings. The fourth-order valence-corrected chi connectivity index (χ4v) is 3.41. The van der Waals surface area contributed by atoms with Gasteiger partial charge in [-0.2, -0.15) is 0 Å². The molecule has 1 aromatic carbocycles. The Labute approximate surface area is 167 Å². The SMILES string of the molecule is C=C(C)CN1CCC(NC(=NC)NCc2ncc(-c3ccc(C)cc3)o2)CC1. The molecule has 1 saturated heterocycles. The Kier molecular flexibility index (Phi) is 6.87. The second kappa shape index (κ2) is 9.55. The standard InChI is InChI=1S/C22H31N5O/c1-16(2)15-27-11-9-19(10-12-27)26-22(23-4)25-14-21-24-13-20(28-21)18-7-5-17(3)6-8-18/h5-8,13,19H,1,9-12,14-15H2,2-4H3,(H2,23,25,26).